The minimum Gasteiger partial charge on any atom is -0.480 e. The van der Waals surface area contributed by atoms with Crippen LogP contribution in [0.25, 0.3) is 0 Å². The van der Waals surface area contributed by atoms with Gasteiger partial charge in [-0.25, -0.2) is 0 Å². The van der Waals surface area contributed by atoms with E-state index in [4.69, 9.17) is 15.8 Å². The van der Waals surface area contributed by atoms with Gasteiger partial charge in [-0.3, -0.25) is 4.79 Å². The molecule has 1 saturated heterocycles. The highest BCUT2D eigenvalue weighted by Gasteiger charge is 2.34. The molecular weight excluding hydrogens is 355 g/mol. The number of likely N-dealkylation sites (tertiary alicyclic amines) is 1. The molecule has 0 aromatic heterocycles. The minimum atomic E-state index is -1.33. The largest absolute Gasteiger partial charge is 0.480 e. The van der Waals surface area contributed by atoms with Crippen molar-refractivity contribution in [3.8, 4) is 0 Å². The van der Waals surface area contributed by atoms with Crippen molar-refractivity contribution < 1.29 is 19.9 Å². The third kappa shape index (κ3) is 7.91. The number of benzene rings is 1. The Bertz CT molecular complexity index is 579. The maximum Gasteiger partial charge on any atom is 0.451 e. The van der Waals surface area contributed by atoms with E-state index < -0.39 is 18.6 Å². The quantitative estimate of drug-likeness (QED) is 0.322. The minimum absolute atomic E-state index is 0.256. The van der Waals surface area contributed by atoms with Crippen LogP contribution in [-0.4, -0.2) is 58.3 Å². The fraction of sp³-hybridized carbons (Fsp3) is 0.667. The lowest BCUT2D eigenvalue weighted by atomic mass is 9.81. The van der Waals surface area contributed by atoms with Gasteiger partial charge in [0.1, 0.15) is 5.54 Å². The highest BCUT2D eigenvalue weighted by atomic mass is 16.4. The summed E-state index contributed by atoms with van der Waals surface area (Å²) in [6.45, 7) is 2.72. The molecule has 0 aliphatic carbocycles. The van der Waals surface area contributed by atoms with Gasteiger partial charge < -0.3 is 25.8 Å². The van der Waals surface area contributed by atoms with Gasteiger partial charge in [0.05, 0.1) is 0 Å². The topological polar surface area (TPSA) is 107 Å². The van der Waals surface area contributed by atoms with E-state index in [1.54, 1.807) is 0 Å². The molecule has 1 fully saturated rings. The van der Waals surface area contributed by atoms with Gasteiger partial charge in [-0.1, -0.05) is 43.2 Å². The number of nitrogens with zero attached hydrogens (tertiary/aromatic N) is 1. The number of rotatable bonds is 12. The third-order valence-electron chi connectivity index (χ3n) is 6.03. The molecule has 1 atom stereocenters. The average molecular weight is 390 g/mol. The summed E-state index contributed by atoms with van der Waals surface area (Å²) >= 11 is 0. The van der Waals surface area contributed by atoms with Crippen LogP contribution in [-0.2, 0) is 11.2 Å². The van der Waals surface area contributed by atoms with E-state index in [-0.39, 0.29) is 6.32 Å². The smallest absolute Gasteiger partial charge is 0.451 e. The number of aliphatic carboxylic acids is 1. The van der Waals surface area contributed by atoms with Gasteiger partial charge in [0, 0.05) is 6.54 Å². The van der Waals surface area contributed by atoms with Crippen LogP contribution in [0.5, 0.6) is 0 Å². The summed E-state index contributed by atoms with van der Waals surface area (Å²) in [4.78, 5) is 14.0. The van der Waals surface area contributed by atoms with Crippen LogP contribution in [0.15, 0.2) is 30.3 Å². The average Bonchev–Trinajstić information content (AvgIpc) is 2.69. The maximum atomic E-state index is 11.7. The fourth-order valence-electron chi connectivity index (χ4n) is 3.98. The molecular formula is C21H35BN2O4. The predicted octanol–water partition coefficient (Wildman–Crippen LogP) is 2.15. The number of piperidine rings is 1. The Balaban J connectivity index is 1.68. The van der Waals surface area contributed by atoms with E-state index in [0.717, 1.165) is 38.3 Å². The Labute approximate surface area is 168 Å². The van der Waals surface area contributed by atoms with Crippen molar-refractivity contribution in [3.63, 3.8) is 0 Å². The maximum absolute atomic E-state index is 11.7. The zero-order chi connectivity index (χ0) is 20.4. The van der Waals surface area contributed by atoms with Crippen LogP contribution in [0.3, 0.4) is 0 Å². The van der Waals surface area contributed by atoms with Gasteiger partial charge in [0.2, 0.25) is 0 Å². The molecule has 2 rings (SSSR count). The zero-order valence-electron chi connectivity index (χ0n) is 16.8. The molecule has 1 aliphatic heterocycles. The summed E-state index contributed by atoms with van der Waals surface area (Å²) in [7, 11) is -1.33. The van der Waals surface area contributed by atoms with Crippen molar-refractivity contribution in [3.05, 3.63) is 35.9 Å². The fourth-order valence-corrected chi connectivity index (χ4v) is 3.98. The second-order valence-corrected chi connectivity index (χ2v) is 8.25. The zero-order valence-corrected chi connectivity index (χ0v) is 16.8. The standard InChI is InChI=1S/C21H35BN2O4/c23-21(20(25)26,12-4-5-14-22(27)28)13-17-24-15-10-19(11-16-24)9-8-18-6-2-1-3-7-18/h1-3,6-7,19,27-28H,4-5,8-17,23H2,(H,25,26). The van der Waals surface area contributed by atoms with E-state index in [1.165, 1.54) is 12.0 Å². The van der Waals surface area contributed by atoms with Crippen LogP contribution in [0.1, 0.15) is 50.5 Å². The molecule has 1 aliphatic rings. The molecule has 28 heavy (non-hydrogen) atoms. The highest BCUT2D eigenvalue weighted by molar-refractivity contribution is 6.40. The van der Waals surface area contributed by atoms with Crippen molar-refractivity contribution in [1.29, 1.82) is 0 Å². The van der Waals surface area contributed by atoms with E-state index >= 15 is 0 Å². The Morgan fingerprint density at radius 2 is 1.82 bits per heavy atom. The van der Waals surface area contributed by atoms with Crippen LogP contribution in [0, 0.1) is 5.92 Å². The number of carboxylic acid groups (broad SMARTS) is 1. The monoisotopic (exact) mass is 390 g/mol. The van der Waals surface area contributed by atoms with Gasteiger partial charge in [-0.05, 0) is 69.4 Å². The van der Waals surface area contributed by atoms with E-state index in [0.29, 0.717) is 32.2 Å². The number of hydrogen-bond donors (Lipinski definition) is 4. The van der Waals surface area contributed by atoms with Crippen molar-refractivity contribution in [1.82, 2.24) is 4.90 Å². The first kappa shape index (κ1) is 22.9. The Hall–Kier alpha value is -1.41. The van der Waals surface area contributed by atoms with Crippen molar-refractivity contribution in [2.75, 3.05) is 19.6 Å². The molecule has 0 radical (unpaired) electrons. The molecule has 0 amide bonds. The van der Waals surface area contributed by atoms with E-state index in [1.807, 2.05) is 6.07 Å². The summed E-state index contributed by atoms with van der Waals surface area (Å²) < 4.78 is 0. The summed E-state index contributed by atoms with van der Waals surface area (Å²) in [5.41, 5.74) is 6.33. The highest BCUT2D eigenvalue weighted by Crippen LogP contribution is 2.24. The first-order chi connectivity index (χ1) is 13.4. The molecule has 156 valence electrons. The molecule has 1 aromatic rings. The van der Waals surface area contributed by atoms with Crippen molar-refractivity contribution in [2.24, 2.45) is 11.7 Å². The summed E-state index contributed by atoms with van der Waals surface area (Å²) in [6.07, 6.45) is 6.85. The summed E-state index contributed by atoms with van der Waals surface area (Å²) in [6, 6.07) is 10.6. The normalized spacial score (nSPS) is 18.0. The molecule has 5 N–H and O–H groups in total. The number of unbranched alkanes of at least 4 members (excludes halogenated alkanes) is 1. The van der Waals surface area contributed by atoms with Gasteiger partial charge >= 0.3 is 13.1 Å². The Morgan fingerprint density at radius 1 is 1.14 bits per heavy atom. The molecule has 0 bridgehead atoms. The number of carboxylic acids is 1. The number of carbonyl (C=O) groups is 1. The molecule has 6 nitrogen and oxygen atoms in total. The SMILES string of the molecule is NC(CCCCB(O)O)(CCN1CCC(CCc2ccccc2)CC1)C(=O)O. The van der Waals surface area contributed by atoms with Gasteiger partial charge in [-0.2, -0.15) is 0 Å². The molecule has 1 heterocycles. The van der Waals surface area contributed by atoms with Gasteiger partial charge in [0.25, 0.3) is 0 Å². The van der Waals surface area contributed by atoms with Crippen molar-refractivity contribution in [2.45, 2.75) is 63.2 Å². The lowest BCUT2D eigenvalue weighted by Gasteiger charge is -2.34. The van der Waals surface area contributed by atoms with E-state index in [9.17, 15) is 9.90 Å². The first-order valence-corrected chi connectivity index (χ1v) is 10.5. The number of nitrogens with two attached hydrogens (primary N) is 1. The lowest BCUT2D eigenvalue weighted by molar-refractivity contribution is -0.144. The first-order valence-electron chi connectivity index (χ1n) is 10.5. The lowest BCUT2D eigenvalue weighted by Crippen LogP contribution is -2.50. The molecule has 7 heteroatoms. The van der Waals surface area contributed by atoms with Crippen LogP contribution in [0.2, 0.25) is 6.32 Å². The molecule has 1 aromatic carbocycles. The van der Waals surface area contributed by atoms with Gasteiger partial charge in [-0.15, -0.1) is 0 Å². The second-order valence-electron chi connectivity index (χ2n) is 8.25. The van der Waals surface area contributed by atoms with Gasteiger partial charge in [0.15, 0.2) is 0 Å². The van der Waals surface area contributed by atoms with E-state index in [2.05, 4.69) is 29.2 Å². The Kier molecular flexibility index (Phi) is 9.45. The second kappa shape index (κ2) is 11.6. The molecule has 1 unspecified atom stereocenters. The predicted molar refractivity (Wildman–Crippen MR) is 112 cm³/mol. The third-order valence-corrected chi connectivity index (χ3v) is 6.03. The van der Waals surface area contributed by atoms with Crippen LogP contribution >= 0.6 is 0 Å². The molecule has 0 saturated carbocycles. The number of aryl methyl sites for hydroxylation is 1. The molecule has 0 spiro atoms. The summed E-state index contributed by atoms with van der Waals surface area (Å²) in [5.74, 6) is -0.224. The van der Waals surface area contributed by atoms with Crippen LogP contribution in [0.4, 0.5) is 0 Å². The van der Waals surface area contributed by atoms with Crippen molar-refractivity contribution >= 4 is 13.1 Å². The number of hydrogen-bond acceptors (Lipinski definition) is 5. The Morgan fingerprint density at radius 3 is 2.43 bits per heavy atom. The summed E-state index contributed by atoms with van der Waals surface area (Å²) in [5, 5.41) is 27.3. The van der Waals surface area contributed by atoms with Crippen LogP contribution < -0.4 is 5.73 Å².